The van der Waals surface area contributed by atoms with Gasteiger partial charge in [-0.3, -0.25) is 9.59 Å². The van der Waals surface area contributed by atoms with Crippen LogP contribution < -0.4 is 5.32 Å². The minimum absolute atomic E-state index is 0.0720. The van der Waals surface area contributed by atoms with E-state index in [4.69, 9.17) is 4.42 Å². The van der Waals surface area contributed by atoms with Gasteiger partial charge in [-0.05, 0) is 42.3 Å². The van der Waals surface area contributed by atoms with Crippen molar-refractivity contribution < 1.29 is 14.0 Å². The quantitative estimate of drug-likeness (QED) is 0.663. The van der Waals surface area contributed by atoms with Crippen molar-refractivity contribution in [3.05, 3.63) is 94.9 Å². The Morgan fingerprint density at radius 3 is 2.59 bits per heavy atom. The molecule has 2 aromatic carbocycles. The molecule has 5 nitrogen and oxygen atoms in total. The van der Waals surface area contributed by atoms with Gasteiger partial charge in [0.15, 0.2) is 0 Å². The molecule has 1 atom stereocenters. The third-order valence-electron chi connectivity index (χ3n) is 4.91. The van der Waals surface area contributed by atoms with Crippen LogP contribution in [0.25, 0.3) is 0 Å². The largest absolute Gasteiger partial charge is 0.467 e. The fraction of sp³-hybridized carbons (Fsp3) is 0.217. The molecule has 1 aliphatic heterocycles. The van der Waals surface area contributed by atoms with Gasteiger partial charge in [0, 0.05) is 12.1 Å². The van der Waals surface area contributed by atoms with Gasteiger partial charge in [-0.2, -0.15) is 0 Å². The Hall–Kier alpha value is -2.99. The van der Waals surface area contributed by atoms with Crippen molar-refractivity contribution in [2.75, 3.05) is 5.75 Å². The van der Waals surface area contributed by atoms with Gasteiger partial charge in [0.05, 0.1) is 18.6 Å². The standard InChI is InChI=1S/C23H22N2O3S/c1-16-4-6-17(7-5-16)13-24-22(27)18-8-10-19(11-9-18)23-25(21(26)15-29-23)14-20-3-2-12-28-20/h2-12,23H,13-15H2,1H3,(H,24,27)/t23-/m0/s1. The van der Waals surface area contributed by atoms with Crippen LogP contribution in [0.5, 0.6) is 0 Å². The van der Waals surface area contributed by atoms with E-state index in [-0.39, 0.29) is 17.2 Å². The number of thioether (sulfide) groups is 1. The zero-order valence-corrected chi connectivity index (χ0v) is 16.9. The second-order valence-electron chi connectivity index (χ2n) is 7.05. The monoisotopic (exact) mass is 406 g/mol. The van der Waals surface area contributed by atoms with Gasteiger partial charge in [-0.1, -0.05) is 42.0 Å². The second kappa shape index (κ2) is 8.57. The van der Waals surface area contributed by atoms with E-state index in [1.165, 1.54) is 5.56 Å². The molecule has 29 heavy (non-hydrogen) atoms. The first-order valence-electron chi connectivity index (χ1n) is 9.47. The number of benzene rings is 2. The Bertz CT molecular complexity index is 982. The molecule has 148 valence electrons. The van der Waals surface area contributed by atoms with Crippen LogP contribution in [0.15, 0.2) is 71.3 Å². The van der Waals surface area contributed by atoms with Gasteiger partial charge >= 0.3 is 0 Å². The summed E-state index contributed by atoms with van der Waals surface area (Å²) in [4.78, 5) is 26.6. The summed E-state index contributed by atoms with van der Waals surface area (Å²) in [5.74, 6) is 1.19. The number of hydrogen-bond donors (Lipinski definition) is 1. The lowest BCUT2D eigenvalue weighted by Gasteiger charge is -2.23. The highest BCUT2D eigenvalue weighted by molar-refractivity contribution is 8.00. The molecule has 2 heterocycles. The summed E-state index contributed by atoms with van der Waals surface area (Å²) in [7, 11) is 0. The van der Waals surface area contributed by atoms with Crippen molar-refractivity contribution in [1.29, 1.82) is 0 Å². The lowest BCUT2D eigenvalue weighted by atomic mass is 10.1. The third-order valence-corrected chi connectivity index (χ3v) is 6.16. The number of amides is 2. The molecule has 2 amide bonds. The van der Waals surface area contributed by atoms with Crippen LogP contribution >= 0.6 is 11.8 Å². The Balaban J connectivity index is 1.40. The van der Waals surface area contributed by atoms with Crippen molar-refractivity contribution in [2.45, 2.75) is 25.4 Å². The van der Waals surface area contributed by atoms with Crippen LogP contribution in [0.3, 0.4) is 0 Å². The number of carbonyl (C=O) groups is 2. The average Bonchev–Trinajstić information content (AvgIpc) is 3.38. The topological polar surface area (TPSA) is 62.6 Å². The van der Waals surface area contributed by atoms with E-state index in [9.17, 15) is 9.59 Å². The summed E-state index contributed by atoms with van der Waals surface area (Å²) >= 11 is 1.59. The highest BCUT2D eigenvalue weighted by Crippen LogP contribution is 2.39. The van der Waals surface area contributed by atoms with E-state index in [2.05, 4.69) is 5.32 Å². The summed E-state index contributed by atoms with van der Waals surface area (Å²) in [6.07, 6.45) is 1.61. The molecule has 4 rings (SSSR count). The molecule has 0 radical (unpaired) electrons. The molecule has 1 aliphatic rings. The van der Waals surface area contributed by atoms with Crippen LogP contribution in [0.4, 0.5) is 0 Å². The maximum Gasteiger partial charge on any atom is 0.251 e. The van der Waals surface area contributed by atoms with E-state index >= 15 is 0 Å². The highest BCUT2D eigenvalue weighted by atomic mass is 32.2. The fourth-order valence-corrected chi connectivity index (χ4v) is 4.45. The number of carbonyl (C=O) groups excluding carboxylic acids is 2. The van der Waals surface area contributed by atoms with E-state index in [1.807, 2.05) is 72.5 Å². The normalized spacial score (nSPS) is 16.2. The van der Waals surface area contributed by atoms with Gasteiger partial charge < -0.3 is 14.6 Å². The summed E-state index contributed by atoms with van der Waals surface area (Å²) in [5, 5.41) is 2.88. The molecule has 0 aliphatic carbocycles. The zero-order valence-electron chi connectivity index (χ0n) is 16.1. The Morgan fingerprint density at radius 2 is 1.90 bits per heavy atom. The van der Waals surface area contributed by atoms with Crippen LogP contribution in [0, 0.1) is 6.92 Å². The molecule has 1 N–H and O–H groups in total. The van der Waals surface area contributed by atoms with E-state index in [0.29, 0.717) is 24.4 Å². The highest BCUT2D eigenvalue weighted by Gasteiger charge is 2.33. The molecule has 3 aromatic rings. The first kappa shape index (κ1) is 19.3. The van der Waals surface area contributed by atoms with Gasteiger partial charge in [-0.25, -0.2) is 0 Å². The molecule has 6 heteroatoms. The van der Waals surface area contributed by atoms with Crippen LogP contribution in [0.1, 0.15) is 38.2 Å². The van der Waals surface area contributed by atoms with Gasteiger partial charge in [-0.15, -0.1) is 11.8 Å². The Morgan fingerprint density at radius 1 is 1.14 bits per heavy atom. The minimum Gasteiger partial charge on any atom is -0.467 e. The Kier molecular flexibility index (Phi) is 5.71. The summed E-state index contributed by atoms with van der Waals surface area (Å²) in [6, 6.07) is 19.3. The number of furan rings is 1. The summed E-state index contributed by atoms with van der Waals surface area (Å²) in [6.45, 7) is 2.98. The minimum atomic E-state index is -0.111. The van der Waals surface area contributed by atoms with Crippen molar-refractivity contribution in [1.82, 2.24) is 10.2 Å². The maximum absolute atomic E-state index is 12.5. The SMILES string of the molecule is Cc1ccc(CNC(=O)c2ccc([C@@H]3SCC(=O)N3Cc3ccco3)cc2)cc1. The van der Waals surface area contributed by atoms with Crippen LogP contribution in [-0.4, -0.2) is 22.5 Å². The number of nitrogens with zero attached hydrogens (tertiary/aromatic N) is 1. The third kappa shape index (κ3) is 4.54. The smallest absolute Gasteiger partial charge is 0.251 e. The second-order valence-corrected chi connectivity index (χ2v) is 8.12. The van der Waals surface area contributed by atoms with Crippen LogP contribution in [0.2, 0.25) is 0 Å². The molecule has 1 aromatic heterocycles. The molecule has 0 unspecified atom stereocenters. The molecular weight excluding hydrogens is 384 g/mol. The number of nitrogens with one attached hydrogen (secondary N) is 1. The van der Waals surface area contributed by atoms with Crippen molar-refractivity contribution in [3.8, 4) is 0 Å². The number of aryl methyl sites for hydroxylation is 1. The molecule has 0 saturated carbocycles. The van der Waals surface area contributed by atoms with Crippen LogP contribution in [-0.2, 0) is 17.9 Å². The first-order chi connectivity index (χ1) is 14.1. The molecular formula is C23H22N2O3S. The lowest BCUT2D eigenvalue weighted by molar-refractivity contribution is -0.128. The number of hydrogen-bond acceptors (Lipinski definition) is 4. The average molecular weight is 407 g/mol. The maximum atomic E-state index is 12.5. The van der Waals surface area contributed by atoms with Crippen molar-refractivity contribution >= 4 is 23.6 Å². The fourth-order valence-electron chi connectivity index (χ4n) is 3.26. The van der Waals surface area contributed by atoms with Gasteiger partial charge in [0.1, 0.15) is 11.1 Å². The van der Waals surface area contributed by atoms with E-state index < -0.39 is 0 Å². The van der Waals surface area contributed by atoms with Gasteiger partial charge in [0.2, 0.25) is 5.91 Å². The molecule has 1 fully saturated rings. The molecule has 1 saturated heterocycles. The summed E-state index contributed by atoms with van der Waals surface area (Å²) in [5.41, 5.74) is 3.87. The van der Waals surface area contributed by atoms with Crippen molar-refractivity contribution in [2.24, 2.45) is 0 Å². The van der Waals surface area contributed by atoms with E-state index in [1.54, 1.807) is 18.0 Å². The zero-order chi connectivity index (χ0) is 20.2. The first-order valence-corrected chi connectivity index (χ1v) is 10.5. The Labute approximate surface area is 174 Å². The van der Waals surface area contributed by atoms with Gasteiger partial charge in [0.25, 0.3) is 5.91 Å². The lowest BCUT2D eigenvalue weighted by Crippen LogP contribution is -2.27. The number of rotatable bonds is 6. The molecule has 0 bridgehead atoms. The predicted molar refractivity (Wildman–Crippen MR) is 113 cm³/mol. The predicted octanol–water partition coefficient (Wildman–Crippen LogP) is 4.29. The van der Waals surface area contributed by atoms with E-state index in [0.717, 1.165) is 16.9 Å². The van der Waals surface area contributed by atoms with Crippen molar-refractivity contribution in [3.63, 3.8) is 0 Å². The summed E-state index contributed by atoms with van der Waals surface area (Å²) < 4.78 is 5.39. The molecule has 0 spiro atoms.